The average Bonchev–Trinajstić information content (AvgIpc) is 3.38. The average molecular weight is 681 g/mol. The molecule has 0 N–H and O–H groups in total. The highest BCUT2D eigenvalue weighted by Gasteiger charge is 2.69. The van der Waals surface area contributed by atoms with Crippen LogP contribution < -0.4 is 0 Å². The molecule has 4 aliphatic rings. The third-order valence-electron chi connectivity index (χ3n) is 14.5. The zero-order valence-electron chi connectivity index (χ0n) is 33.4. The van der Waals surface area contributed by atoms with Crippen LogP contribution in [0.1, 0.15) is 208 Å². The molecule has 282 valence electrons. The molecule has 7 atom stereocenters. The number of ether oxygens (including phenoxy) is 2. The van der Waals surface area contributed by atoms with E-state index in [4.69, 9.17) is 9.47 Å². The Morgan fingerprint density at radius 2 is 1.47 bits per heavy atom. The summed E-state index contributed by atoms with van der Waals surface area (Å²) in [6.45, 7) is 15.1. The summed E-state index contributed by atoms with van der Waals surface area (Å²) in [5.74, 6) is 3.10. The fourth-order valence-corrected chi connectivity index (χ4v) is 11.6. The van der Waals surface area contributed by atoms with E-state index < -0.39 is 5.60 Å². The molecule has 0 amide bonds. The van der Waals surface area contributed by atoms with Gasteiger partial charge in [-0.25, -0.2) is 4.79 Å². The van der Waals surface area contributed by atoms with Crippen LogP contribution in [-0.2, 0) is 9.47 Å². The third kappa shape index (κ3) is 10.4. The fraction of sp³-hybridized carbons (Fsp3) is 0.891. The van der Waals surface area contributed by atoms with Crippen LogP contribution in [0.15, 0.2) is 23.8 Å². The van der Waals surface area contributed by atoms with E-state index in [1.54, 1.807) is 5.57 Å². The fourth-order valence-electron chi connectivity index (χ4n) is 11.6. The van der Waals surface area contributed by atoms with Crippen molar-refractivity contribution < 1.29 is 14.3 Å². The van der Waals surface area contributed by atoms with Gasteiger partial charge in [0.25, 0.3) is 0 Å². The lowest BCUT2D eigenvalue weighted by atomic mass is 9.45. The maximum Gasteiger partial charge on any atom is 0.508 e. The highest BCUT2D eigenvalue weighted by Crippen LogP contribution is 2.70. The van der Waals surface area contributed by atoms with Gasteiger partial charge < -0.3 is 9.47 Å². The molecule has 3 heteroatoms. The van der Waals surface area contributed by atoms with E-state index in [1.165, 1.54) is 141 Å². The van der Waals surface area contributed by atoms with Gasteiger partial charge in [0.15, 0.2) is 0 Å². The Balaban J connectivity index is 1.24. The van der Waals surface area contributed by atoms with E-state index in [0.29, 0.717) is 30.3 Å². The van der Waals surface area contributed by atoms with E-state index in [-0.39, 0.29) is 17.0 Å². The summed E-state index contributed by atoms with van der Waals surface area (Å²) in [5.41, 5.74) is 1.64. The predicted octanol–water partition coefficient (Wildman–Crippen LogP) is 14.7. The second kappa shape index (κ2) is 20.1. The molecule has 49 heavy (non-hydrogen) atoms. The van der Waals surface area contributed by atoms with Gasteiger partial charge in [-0.3, -0.25) is 0 Å². The predicted molar refractivity (Wildman–Crippen MR) is 209 cm³/mol. The van der Waals surface area contributed by atoms with Gasteiger partial charge in [-0.15, -0.1) is 0 Å². The minimum atomic E-state index is -0.393. The number of hydrogen-bond donors (Lipinski definition) is 0. The maximum atomic E-state index is 13.6. The Labute approximate surface area is 304 Å². The zero-order valence-corrected chi connectivity index (χ0v) is 33.4. The molecule has 0 spiro atoms. The van der Waals surface area contributed by atoms with Crippen LogP contribution >= 0.6 is 0 Å². The van der Waals surface area contributed by atoms with E-state index in [2.05, 4.69) is 59.8 Å². The van der Waals surface area contributed by atoms with Gasteiger partial charge in [-0.1, -0.05) is 149 Å². The standard InChI is InChI=1S/C46H80O3/c1-7-8-9-10-11-12-13-14-15-16-17-18-19-20-21-24-36-48-43(47)49-46-35-32-40(38(4)27-25-26-37(2)3)45(46,6)34-31-41-42(46)30-29-39-28-22-23-33-44(39,41)5/h14-15,29,37-38,40-42H,7-13,16-28,30-36H2,1-6H3/t38-,40-,41?,42?,44+,45-,46-/m1/s1. The molecule has 3 saturated carbocycles. The SMILES string of the molecule is CCCCCCCCC=CCCCCCCCCOC(=O)O[C@@]12CC[C@H]([C@H](C)CCCC(C)C)[C@@]1(C)CCC1C2CC=C2CCCC[C@@]21C. The summed E-state index contributed by atoms with van der Waals surface area (Å²) in [7, 11) is 0. The van der Waals surface area contributed by atoms with Gasteiger partial charge in [0, 0.05) is 11.3 Å². The first-order valence-corrected chi connectivity index (χ1v) is 21.9. The summed E-state index contributed by atoms with van der Waals surface area (Å²) in [5, 5.41) is 0. The minimum absolute atomic E-state index is 0.0320. The lowest BCUT2D eigenvalue weighted by molar-refractivity contribution is -0.193. The van der Waals surface area contributed by atoms with E-state index in [0.717, 1.165) is 31.6 Å². The van der Waals surface area contributed by atoms with Crippen LogP contribution in [0.25, 0.3) is 0 Å². The molecule has 0 saturated heterocycles. The van der Waals surface area contributed by atoms with Crippen LogP contribution in [0.2, 0.25) is 0 Å². The first kappa shape index (κ1) is 40.5. The molecule has 4 aliphatic carbocycles. The Bertz CT molecular complexity index is 1030. The Hall–Kier alpha value is -1.25. The van der Waals surface area contributed by atoms with Crippen molar-refractivity contribution in [3.63, 3.8) is 0 Å². The van der Waals surface area contributed by atoms with Crippen LogP contribution in [-0.4, -0.2) is 18.4 Å². The summed E-state index contributed by atoms with van der Waals surface area (Å²) >= 11 is 0. The molecule has 0 heterocycles. The smallest absolute Gasteiger partial charge is 0.434 e. The van der Waals surface area contributed by atoms with Crippen molar-refractivity contribution in [1.82, 2.24) is 0 Å². The summed E-state index contributed by atoms with van der Waals surface area (Å²) < 4.78 is 12.8. The molecular weight excluding hydrogens is 601 g/mol. The first-order valence-electron chi connectivity index (χ1n) is 21.9. The first-order chi connectivity index (χ1) is 23.7. The largest absolute Gasteiger partial charge is 0.508 e. The Kier molecular flexibility index (Phi) is 16.6. The molecule has 3 fully saturated rings. The van der Waals surface area contributed by atoms with Crippen LogP contribution in [0.3, 0.4) is 0 Å². The minimum Gasteiger partial charge on any atom is -0.434 e. The molecule has 3 nitrogen and oxygen atoms in total. The molecule has 0 aromatic heterocycles. The molecule has 0 bridgehead atoms. The van der Waals surface area contributed by atoms with E-state index in [9.17, 15) is 4.79 Å². The second-order valence-corrected chi connectivity index (χ2v) is 18.2. The summed E-state index contributed by atoms with van der Waals surface area (Å²) in [6, 6.07) is 0. The van der Waals surface area contributed by atoms with Crippen molar-refractivity contribution in [2.24, 2.45) is 40.4 Å². The van der Waals surface area contributed by atoms with Crippen molar-refractivity contribution in [2.75, 3.05) is 6.61 Å². The van der Waals surface area contributed by atoms with Crippen molar-refractivity contribution in [1.29, 1.82) is 0 Å². The van der Waals surface area contributed by atoms with Crippen molar-refractivity contribution >= 4 is 6.16 Å². The summed E-state index contributed by atoms with van der Waals surface area (Å²) in [6.07, 6.45) is 40.0. The topological polar surface area (TPSA) is 35.5 Å². The van der Waals surface area contributed by atoms with Crippen LogP contribution in [0.5, 0.6) is 0 Å². The van der Waals surface area contributed by atoms with E-state index >= 15 is 0 Å². The lowest BCUT2D eigenvalue weighted by Gasteiger charge is -2.62. The second-order valence-electron chi connectivity index (χ2n) is 18.2. The quantitative estimate of drug-likeness (QED) is 0.0648. The van der Waals surface area contributed by atoms with Gasteiger partial charge in [0.2, 0.25) is 0 Å². The number of fused-ring (bicyclic) bond motifs is 5. The van der Waals surface area contributed by atoms with Gasteiger partial charge in [-0.2, -0.15) is 0 Å². The third-order valence-corrected chi connectivity index (χ3v) is 14.5. The number of carbonyl (C=O) groups excluding carboxylic acids is 1. The number of allylic oxidation sites excluding steroid dienone is 4. The van der Waals surface area contributed by atoms with Crippen LogP contribution in [0.4, 0.5) is 4.79 Å². The molecule has 4 rings (SSSR count). The molecule has 0 aliphatic heterocycles. The Morgan fingerprint density at radius 1 is 0.796 bits per heavy atom. The molecule has 0 aromatic carbocycles. The molecule has 0 aromatic rings. The van der Waals surface area contributed by atoms with E-state index in [1.807, 2.05) is 0 Å². The monoisotopic (exact) mass is 681 g/mol. The van der Waals surface area contributed by atoms with Gasteiger partial charge in [0.1, 0.15) is 5.60 Å². The zero-order chi connectivity index (χ0) is 35.2. The highest BCUT2D eigenvalue weighted by molar-refractivity contribution is 5.61. The highest BCUT2D eigenvalue weighted by atomic mass is 16.7. The van der Waals surface area contributed by atoms with Gasteiger partial charge in [-0.05, 0) is 113 Å². The number of unbranched alkanes of at least 4 members (excludes halogenated alkanes) is 12. The summed E-state index contributed by atoms with van der Waals surface area (Å²) in [4.78, 5) is 13.6. The molecular formula is C46H80O3. The number of rotatable bonds is 22. The number of carbonyl (C=O) groups is 1. The Morgan fingerprint density at radius 3 is 2.16 bits per heavy atom. The van der Waals surface area contributed by atoms with Crippen LogP contribution in [0, 0.1) is 40.4 Å². The normalized spacial score (nSPS) is 31.7. The lowest BCUT2D eigenvalue weighted by Crippen LogP contribution is -2.62. The van der Waals surface area contributed by atoms with Crippen molar-refractivity contribution in [2.45, 2.75) is 214 Å². The maximum absolute atomic E-state index is 13.6. The van der Waals surface area contributed by atoms with Gasteiger partial charge >= 0.3 is 6.16 Å². The molecule has 2 unspecified atom stereocenters. The van der Waals surface area contributed by atoms with Crippen molar-refractivity contribution in [3.8, 4) is 0 Å². The van der Waals surface area contributed by atoms with Crippen molar-refractivity contribution in [3.05, 3.63) is 23.8 Å². The number of hydrogen-bond acceptors (Lipinski definition) is 3. The van der Waals surface area contributed by atoms with Gasteiger partial charge in [0.05, 0.1) is 6.61 Å². The molecule has 0 radical (unpaired) electrons.